The first-order chi connectivity index (χ1) is 9.93. The highest BCUT2D eigenvalue weighted by molar-refractivity contribution is 9.10. The van der Waals surface area contributed by atoms with Crippen LogP contribution in [-0.2, 0) is 12.3 Å². The zero-order valence-electron chi connectivity index (χ0n) is 11.6. The molecule has 0 aliphatic heterocycles. The largest absolute Gasteiger partial charge is 0.478 e. The standard InChI is InChI=1S/C14H14Br2N2O2S/c1-3-18-11(13(16)8(2)17-18)7-21-12-6-9(15)4-5-10(12)14(19)20/h4-6H,3,7H2,1-2H3,(H,19,20). The van der Waals surface area contributed by atoms with Crippen LogP contribution in [0.1, 0.15) is 28.7 Å². The topological polar surface area (TPSA) is 55.1 Å². The maximum atomic E-state index is 11.3. The van der Waals surface area contributed by atoms with Crippen molar-refractivity contribution >= 4 is 49.6 Å². The molecule has 0 saturated carbocycles. The van der Waals surface area contributed by atoms with Crippen LogP contribution in [0.3, 0.4) is 0 Å². The van der Waals surface area contributed by atoms with E-state index in [4.69, 9.17) is 0 Å². The van der Waals surface area contributed by atoms with Crippen molar-refractivity contribution < 1.29 is 9.90 Å². The van der Waals surface area contributed by atoms with Gasteiger partial charge in [-0.2, -0.15) is 5.10 Å². The molecule has 0 atom stereocenters. The van der Waals surface area contributed by atoms with Crippen LogP contribution in [0, 0.1) is 6.92 Å². The molecule has 4 nitrogen and oxygen atoms in total. The predicted molar refractivity (Wildman–Crippen MR) is 91.0 cm³/mol. The monoisotopic (exact) mass is 432 g/mol. The molecule has 1 N–H and O–H groups in total. The third kappa shape index (κ3) is 3.70. The van der Waals surface area contributed by atoms with Gasteiger partial charge in [-0.25, -0.2) is 4.79 Å². The second-order valence-corrected chi connectivity index (χ2v) is 7.12. The Bertz CT molecular complexity index is 686. The number of carbonyl (C=O) groups is 1. The number of rotatable bonds is 5. The number of carboxylic acid groups (broad SMARTS) is 1. The summed E-state index contributed by atoms with van der Waals surface area (Å²) in [4.78, 5) is 12.0. The fraction of sp³-hybridized carbons (Fsp3) is 0.286. The summed E-state index contributed by atoms with van der Waals surface area (Å²) in [6, 6.07) is 5.19. The van der Waals surface area contributed by atoms with Crippen molar-refractivity contribution in [1.82, 2.24) is 9.78 Å². The molecule has 1 aromatic carbocycles. The van der Waals surface area contributed by atoms with Crippen molar-refractivity contribution in [3.63, 3.8) is 0 Å². The van der Waals surface area contributed by atoms with Gasteiger partial charge in [-0.3, -0.25) is 4.68 Å². The highest BCUT2D eigenvalue weighted by Crippen LogP contribution is 2.32. The van der Waals surface area contributed by atoms with Gasteiger partial charge in [-0.1, -0.05) is 15.9 Å². The van der Waals surface area contributed by atoms with Gasteiger partial charge in [0.1, 0.15) is 0 Å². The van der Waals surface area contributed by atoms with Crippen LogP contribution in [0.5, 0.6) is 0 Å². The third-order valence-corrected chi connectivity index (χ3v) is 5.58. The maximum absolute atomic E-state index is 11.3. The number of thioether (sulfide) groups is 1. The molecule has 1 heterocycles. The lowest BCUT2D eigenvalue weighted by molar-refractivity contribution is 0.0693. The van der Waals surface area contributed by atoms with Crippen molar-refractivity contribution in [1.29, 1.82) is 0 Å². The minimum atomic E-state index is -0.913. The molecule has 0 saturated heterocycles. The van der Waals surface area contributed by atoms with Gasteiger partial charge in [-0.05, 0) is 48.0 Å². The fourth-order valence-electron chi connectivity index (χ4n) is 1.95. The van der Waals surface area contributed by atoms with Gasteiger partial charge in [0, 0.05) is 21.7 Å². The summed E-state index contributed by atoms with van der Waals surface area (Å²) in [7, 11) is 0. The summed E-state index contributed by atoms with van der Waals surface area (Å²) >= 11 is 8.44. The number of carboxylic acids is 1. The van der Waals surface area contributed by atoms with Crippen LogP contribution < -0.4 is 0 Å². The number of hydrogen-bond donors (Lipinski definition) is 1. The number of hydrogen-bond acceptors (Lipinski definition) is 3. The Morgan fingerprint density at radius 3 is 2.76 bits per heavy atom. The van der Waals surface area contributed by atoms with Crippen LogP contribution >= 0.6 is 43.6 Å². The number of halogens is 2. The van der Waals surface area contributed by atoms with Crippen LogP contribution in [-0.4, -0.2) is 20.9 Å². The van der Waals surface area contributed by atoms with E-state index in [-0.39, 0.29) is 0 Å². The second-order valence-electron chi connectivity index (χ2n) is 4.40. The number of aryl methyl sites for hydroxylation is 2. The SMILES string of the molecule is CCn1nc(C)c(Br)c1CSc1cc(Br)ccc1C(=O)O. The molecule has 1 aromatic heterocycles. The molecule has 0 amide bonds. The molecule has 2 aromatic rings. The van der Waals surface area contributed by atoms with E-state index in [0.29, 0.717) is 11.3 Å². The minimum Gasteiger partial charge on any atom is -0.478 e. The van der Waals surface area contributed by atoms with Crippen LogP contribution in [0.2, 0.25) is 0 Å². The molecule has 0 aliphatic carbocycles. The van der Waals surface area contributed by atoms with Gasteiger partial charge < -0.3 is 5.11 Å². The lowest BCUT2D eigenvalue weighted by Crippen LogP contribution is -2.03. The van der Waals surface area contributed by atoms with Gasteiger partial charge in [-0.15, -0.1) is 11.8 Å². The molecule has 112 valence electrons. The Kier molecular flexibility index (Phi) is 5.51. The first kappa shape index (κ1) is 16.6. The van der Waals surface area contributed by atoms with Gasteiger partial charge in [0.25, 0.3) is 0 Å². The maximum Gasteiger partial charge on any atom is 0.336 e. The van der Waals surface area contributed by atoms with E-state index in [2.05, 4.69) is 37.0 Å². The van der Waals surface area contributed by atoms with Crippen molar-refractivity contribution in [3.05, 3.63) is 44.1 Å². The molecule has 0 aliphatic rings. The number of benzene rings is 1. The second kappa shape index (κ2) is 6.98. The van der Waals surface area contributed by atoms with Gasteiger partial charge >= 0.3 is 5.97 Å². The number of nitrogens with zero attached hydrogens (tertiary/aromatic N) is 2. The van der Waals surface area contributed by atoms with Crippen LogP contribution in [0.15, 0.2) is 32.0 Å². The van der Waals surface area contributed by atoms with E-state index in [1.807, 2.05) is 24.6 Å². The van der Waals surface area contributed by atoms with Crippen molar-refractivity contribution in [3.8, 4) is 0 Å². The molecule has 0 spiro atoms. The predicted octanol–water partition coefficient (Wildman–Crippen LogP) is 4.73. The molecular formula is C14H14Br2N2O2S. The molecule has 0 bridgehead atoms. The number of aromatic nitrogens is 2. The Labute approximate surface area is 144 Å². The zero-order valence-corrected chi connectivity index (χ0v) is 15.5. The summed E-state index contributed by atoms with van der Waals surface area (Å²) in [5.74, 6) is -0.254. The average molecular weight is 434 g/mol. The molecular weight excluding hydrogens is 420 g/mol. The van der Waals surface area contributed by atoms with Crippen LogP contribution in [0.25, 0.3) is 0 Å². The molecule has 2 rings (SSSR count). The van der Waals surface area contributed by atoms with Gasteiger partial charge in [0.05, 0.1) is 21.4 Å². The molecule has 0 fully saturated rings. The van der Waals surface area contributed by atoms with E-state index in [1.54, 1.807) is 12.1 Å². The Morgan fingerprint density at radius 1 is 1.43 bits per heavy atom. The quantitative estimate of drug-likeness (QED) is 0.692. The minimum absolute atomic E-state index is 0.318. The number of aromatic carboxylic acids is 1. The Morgan fingerprint density at radius 2 is 2.14 bits per heavy atom. The zero-order chi connectivity index (χ0) is 15.6. The highest BCUT2D eigenvalue weighted by Gasteiger charge is 2.15. The summed E-state index contributed by atoms with van der Waals surface area (Å²) < 4.78 is 3.79. The summed E-state index contributed by atoms with van der Waals surface area (Å²) in [6.07, 6.45) is 0. The summed E-state index contributed by atoms with van der Waals surface area (Å²) in [5, 5.41) is 13.7. The molecule has 7 heteroatoms. The molecule has 0 unspecified atom stereocenters. The van der Waals surface area contributed by atoms with Crippen LogP contribution in [0.4, 0.5) is 0 Å². The summed E-state index contributed by atoms with van der Waals surface area (Å²) in [6.45, 7) is 4.77. The fourth-order valence-corrected chi connectivity index (χ4v) is 4.17. The highest BCUT2D eigenvalue weighted by atomic mass is 79.9. The smallest absolute Gasteiger partial charge is 0.336 e. The first-order valence-electron chi connectivity index (χ1n) is 6.31. The van der Waals surface area contributed by atoms with E-state index in [9.17, 15) is 9.90 Å². The van der Waals surface area contributed by atoms with Gasteiger partial charge in [0.15, 0.2) is 0 Å². The molecule has 0 radical (unpaired) electrons. The lowest BCUT2D eigenvalue weighted by atomic mass is 10.2. The van der Waals surface area contributed by atoms with E-state index < -0.39 is 5.97 Å². The first-order valence-corrected chi connectivity index (χ1v) is 8.88. The molecule has 21 heavy (non-hydrogen) atoms. The third-order valence-electron chi connectivity index (χ3n) is 2.99. The lowest BCUT2D eigenvalue weighted by Gasteiger charge is -2.08. The van der Waals surface area contributed by atoms with Crippen molar-refractivity contribution in [2.75, 3.05) is 0 Å². The summed E-state index contributed by atoms with van der Waals surface area (Å²) in [5.41, 5.74) is 2.33. The Hall–Kier alpha value is -0.790. The van der Waals surface area contributed by atoms with Gasteiger partial charge in [0.2, 0.25) is 0 Å². The van der Waals surface area contributed by atoms with E-state index >= 15 is 0 Å². The Balaban J connectivity index is 2.28. The van der Waals surface area contributed by atoms with E-state index in [0.717, 1.165) is 31.8 Å². The average Bonchev–Trinajstić information content (AvgIpc) is 2.71. The van der Waals surface area contributed by atoms with E-state index in [1.165, 1.54) is 11.8 Å². The van der Waals surface area contributed by atoms with Crippen molar-refractivity contribution in [2.24, 2.45) is 0 Å². The van der Waals surface area contributed by atoms with Crippen molar-refractivity contribution in [2.45, 2.75) is 31.0 Å². The normalized spacial score (nSPS) is 10.9.